The Bertz CT molecular complexity index is 751. The summed E-state index contributed by atoms with van der Waals surface area (Å²) in [5.74, 6) is -0.225. The Labute approximate surface area is 216 Å². The normalized spacial score (nSPS) is 11.6. The Morgan fingerprint density at radius 1 is 0.750 bits per heavy atom. The number of amides is 2. The molecule has 1 aromatic rings. The topological polar surface area (TPSA) is 106 Å². The zero-order valence-electron chi connectivity index (χ0n) is 22.9. The Morgan fingerprint density at radius 2 is 1.22 bits per heavy atom. The smallest absolute Gasteiger partial charge is 0.407 e. The number of benzene rings is 1. The van der Waals surface area contributed by atoms with Crippen LogP contribution < -0.4 is 10.6 Å². The molecular formula is C27H45N3O6. The number of nitrogens with one attached hydrogen (secondary N) is 2. The average Bonchev–Trinajstić information content (AvgIpc) is 2.76. The molecule has 9 heteroatoms. The molecule has 0 aliphatic heterocycles. The second-order valence-corrected chi connectivity index (χ2v) is 10.7. The molecule has 2 amide bonds. The molecule has 0 fully saturated rings. The van der Waals surface area contributed by atoms with Crippen molar-refractivity contribution in [3.05, 3.63) is 35.9 Å². The van der Waals surface area contributed by atoms with Gasteiger partial charge in [-0.3, -0.25) is 4.79 Å². The van der Waals surface area contributed by atoms with Crippen molar-refractivity contribution in [2.45, 2.75) is 85.0 Å². The maximum Gasteiger partial charge on any atom is 0.407 e. The van der Waals surface area contributed by atoms with Gasteiger partial charge in [0.05, 0.1) is 0 Å². The van der Waals surface area contributed by atoms with Crippen LogP contribution in [-0.2, 0) is 25.6 Å². The van der Waals surface area contributed by atoms with Gasteiger partial charge in [-0.15, -0.1) is 0 Å². The third-order valence-electron chi connectivity index (χ3n) is 4.74. The molecular weight excluding hydrogens is 462 g/mol. The molecule has 0 radical (unpaired) electrons. The Hall–Kier alpha value is -2.81. The third kappa shape index (κ3) is 17.6. The molecule has 1 aromatic carbocycles. The number of ether oxygens (including phenoxy) is 3. The van der Waals surface area contributed by atoms with Gasteiger partial charge in [0.2, 0.25) is 0 Å². The lowest BCUT2D eigenvalue weighted by Gasteiger charge is -2.23. The molecule has 0 saturated carbocycles. The summed E-state index contributed by atoms with van der Waals surface area (Å²) in [5, 5.41) is 5.54. The standard InChI is InChI=1S/C27H45N3O6/c1-26(2,3)35-24(32)28-16-11-19-30(20-12-17-29-25(33)36-27(4,5)6)18-10-15-23(31)34-21-22-13-8-7-9-14-22/h7-9,13-14H,10-12,15-21H2,1-6H3,(H,28,32)(H,29,33). The number of nitrogens with zero attached hydrogens (tertiary/aromatic N) is 1. The first-order valence-electron chi connectivity index (χ1n) is 12.7. The van der Waals surface area contributed by atoms with Crippen molar-refractivity contribution in [2.24, 2.45) is 0 Å². The third-order valence-corrected chi connectivity index (χ3v) is 4.74. The fraction of sp³-hybridized carbons (Fsp3) is 0.667. The zero-order chi connectivity index (χ0) is 27.0. The summed E-state index contributed by atoms with van der Waals surface area (Å²) in [6.45, 7) is 14.4. The molecule has 1 rings (SSSR count). The highest BCUT2D eigenvalue weighted by atomic mass is 16.6. The van der Waals surface area contributed by atoms with Gasteiger partial charge in [-0.2, -0.15) is 0 Å². The van der Waals surface area contributed by atoms with E-state index in [1.807, 2.05) is 71.9 Å². The molecule has 0 bridgehead atoms. The molecule has 0 spiro atoms. The zero-order valence-corrected chi connectivity index (χ0v) is 22.9. The second kappa shape index (κ2) is 16.0. The van der Waals surface area contributed by atoms with Crippen LogP contribution in [0.2, 0.25) is 0 Å². The van der Waals surface area contributed by atoms with Crippen LogP contribution in [0, 0.1) is 0 Å². The molecule has 2 N–H and O–H groups in total. The maximum atomic E-state index is 12.1. The number of hydrogen-bond donors (Lipinski definition) is 2. The molecule has 0 atom stereocenters. The van der Waals surface area contributed by atoms with Crippen LogP contribution in [0.3, 0.4) is 0 Å². The van der Waals surface area contributed by atoms with E-state index in [9.17, 15) is 14.4 Å². The van der Waals surface area contributed by atoms with Crippen LogP contribution in [-0.4, -0.2) is 67.0 Å². The summed E-state index contributed by atoms with van der Waals surface area (Å²) in [7, 11) is 0. The van der Waals surface area contributed by atoms with Gasteiger partial charge in [0.1, 0.15) is 17.8 Å². The summed E-state index contributed by atoms with van der Waals surface area (Å²) >= 11 is 0. The molecule has 0 aliphatic rings. The Kier molecular flexibility index (Phi) is 13.9. The van der Waals surface area contributed by atoms with E-state index in [-0.39, 0.29) is 12.6 Å². The van der Waals surface area contributed by atoms with E-state index < -0.39 is 23.4 Å². The number of carbonyl (C=O) groups excluding carboxylic acids is 3. The number of hydrogen-bond acceptors (Lipinski definition) is 7. The first-order chi connectivity index (χ1) is 16.8. The SMILES string of the molecule is CC(C)(C)OC(=O)NCCCN(CCCNC(=O)OC(C)(C)C)CCCC(=O)OCc1ccccc1. The lowest BCUT2D eigenvalue weighted by atomic mass is 10.2. The molecule has 0 aromatic heterocycles. The first kappa shape index (κ1) is 31.2. The van der Waals surface area contributed by atoms with Crippen LogP contribution in [0.1, 0.15) is 72.8 Å². The van der Waals surface area contributed by atoms with Crippen molar-refractivity contribution in [3.63, 3.8) is 0 Å². The van der Waals surface area contributed by atoms with Crippen molar-refractivity contribution in [3.8, 4) is 0 Å². The molecule has 0 heterocycles. The van der Waals surface area contributed by atoms with Gasteiger partial charge in [0, 0.05) is 19.5 Å². The van der Waals surface area contributed by atoms with Crippen LogP contribution in [0.4, 0.5) is 9.59 Å². The predicted molar refractivity (Wildman–Crippen MR) is 140 cm³/mol. The van der Waals surface area contributed by atoms with E-state index in [4.69, 9.17) is 14.2 Å². The van der Waals surface area contributed by atoms with Gasteiger partial charge >= 0.3 is 18.2 Å². The highest BCUT2D eigenvalue weighted by Gasteiger charge is 2.17. The summed E-state index contributed by atoms with van der Waals surface area (Å²) < 4.78 is 15.9. The van der Waals surface area contributed by atoms with Gasteiger partial charge in [-0.25, -0.2) is 9.59 Å². The average molecular weight is 508 g/mol. The highest BCUT2D eigenvalue weighted by Crippen LogP contribution is 2.08. The van der Waals surface area contributed by atoms with Gasteiger partial charge in [-0.1, -0.05) is 30.3 Å². The molecule has 0 unspecified atom stereocenters. The van der Waals surface area contributed by atoms with Crippen LogP contribution in [0.15, 0.2) is 30.3 Å². The fourth-order valence-corrected chi connectivity index (χ4v) is 3.21. The number of carbonyl (C=O) groups is 3. The molecule has 0 aliphatic carbocycles. The lowest BCUT2D eigenvalue weighted by molar-refractivity contribution is -0.145. The van der Waals surface area contributed by atoms with E-state index in [0.29, 0.717) is 32.5 Å². The van der Waals surface area contributed by atoms with Crippen molar-refractivity contribution in [1.82, 2.24) is 15.5 Å². The molecule has 0 saturated heterocycles. The lowest BCUT2D eigenvalue weighted by Crippen LogP contribution is -2.36. The summed E-state index contributed by atoms with van der Waals surface area (Å²) in [6.07, 6.45) is 1.59. The number of esters is 1. The van der Waals surface area contributed by atoms with Crippen molar-refractivity contribution < 1.29 is 28.6 Å². The van der Waals surface area contributed by atoms with E-state index in [1.165, 1.54) is 0 Å². The van der Waals surface area contributed by atoms with E-state index in [1.54, 1.807) is 0 Å². The second-order valence-electron chi connectivity index (χ2n) is 10.7. The van der Waals surface area contributed by atoms with Crippen molar-refractivity contribution >= 4 is 18.2 Å². The summed E-state index contributed by atoms with van der Waals surface area (Å²) in [5.41, 5.74) is -0.110. The summed E-state index contributed by atoms with van der Waals surface area (Å²) in [4.78, 5) is 38.0. The summed E-state index contributed by atoms with van der Waals surface area (Å²) in [6, 6.07) is 9.59. The number of alkyl carbamates (subject to hydrolysis) is 2. The monoisotopic (exact) mass is 507 g/mol. The predicted octanol–water partition coefficient (Wildman–Crippen LogP) is 4.64. The highest BCUT2D eigenvalue weighted by molar-refractivity contribution is 5.69. The van der Waals surface area contributed by atoms with Gasteiger partial charge in [0.25, 0.3) is 0 Å². The van der Waals surface area contributed by atoms with Crippen molar-refractivity contribution in [2.75, 3.05) is 32.7 Å². The fourth-order valence-electron chi connectivity index (χ4n) is 3.21. The minimum absolute atomic E-state index is 0.225. The minimum atomic E-state index is -0.535. The number of rotatable bonds is 14. The van der Waals surface area contributed by atoms with Gasteiger partial charge < -0.3 is 29.7 Å². The van der Waals surface area contributed by atoms with Gasteiger partial charge in [-0.05, 0) is 86.0 Å². The largest absolute Gasteiger partial charge is 0.461 e. The van der Waals surface area contributed by atoms with Crippen LogP contribution in [0.5, 0.6) is 0 Å². The minimum Gasteiger partial charge on any atom is -0.461 e. The van der Waals surface area contributed by atoms with E-state index >= 15 is 0 Å². The van der Waals surface area contributed by atoms with E-state index in [2.05, 4.69) is 15.5 Å². The van der Waals surface area contributed by atoms with Crippen molar-refractivity contribution in [1.29, 1.82) is 0 Å². The van der Waals surface area contributed by atoms with E-state index in [0.717, 1.165) is 31.5 Å². The Balaban J connectivity index is 2.40. The van der Waals surface area contributed by atoms with Gasteiger partial charge in [0.15, 0.2) is 0 Å². The van der Waals surface area contributed by atoms with Crippen LogP contribution in [0.25, 0.3) is 0 Å². The maximum absolute atomic E-state index is 12.1. The quantitative estimate of drug-likeness (QED) is 0.215. The Morgan fingerprint density at radius 3 is 1.69 bits per heavy atom. The molecule has 204 valence electrons. The van der Waals surface area contributed by atoms with Crippen LogP contribution >= 0.6 is 0 Å². The molecule has 36 heavy (non-hydrogen) atoms. The molecule has 9 nitrogen and oxygen atoms in total. The first-order valence-corrected chi connectivity index (χ1v) is 12.7.